The maximum absolute atomic E-state index is 12.4. The molecule has 0 radical (unpaired) electrons. The van der Waals surface area contributed by atoms with Crippen LogP contribution >= 0.6 is 11.6 Å². The number of halogens is 1. The van der Waals surface area contributed by atoms with Crippen molar-refractivity contribution in [2.24, 2.45) is 0 Å². The third-order valence-electron chi connectivity index (χ3n) is 4.11. The summed E-state index contributed by atoms with van der Waals surface area (Å²) in [7, 11) is -0.374. The van der Waals surface area contributed by atoms with E-state index in [1.165, 1.54) is 10.7 Å². The average Bonchev–Trinajstić information content (AvgIpc) is 2.48. The summed E-state index contributed by atoms with van der Waals surface area (Å²) >= 11 is 6.19. The summed E-state index contributed by atoms with van der Waals surface area (Å²) in [6, 6.07) is 7.05. The standard InChI is InChI=1S/C15H23ClN2O2S/c1-18(2)21(19,20)14-9-5-4-8-13(14)17-15(12-16)10-6-3-7-11-15/h4-5,8-9,17H,3,6-7,10-12H2,1-2H3. The van der Waals surface area contributed by atoms with Crippen LogP contribution in [-0.2, 0) is 10.0 Å². The van der Waals surface area contributed by atoms with E-state index in [0.29, 0.717) is 16.5 Å². The van der Waals surface area contributed by atoms with Crippen molar-refractivity contribution in [2.75, 3.05) is 25.3 Å². The van der Waals surface area contributed by atoms with E-state index in [9.17, 15) is 8.42 Å². The summed E-state index contributed by atoms with van der Waals surface area (Å²) in [6.07, 6.45) is 5.43. The first kappa shape index (κ1) is 16.6. The van der Waals surface area contributed by atoms with Crippen molar-refractivity contribution in [1.29, 1.82) is 0 Å². The van der Waals surface area contributed by atoms with Crippen LogP contribution in [0.3, 0.4) is 0 Å². The van der Waals surface area contributed by atoms with E-state index in [0.717, 1.165) is 25.7 Å². The van der Waals surface area contributed by atoms with Crippen LogP contribution in [0.5, 0.6) is 0 Å². The number of sulfonamides is 1. The molecule has 0 unspecified atom stereocenters. The van der Waals surface area contributed by atoms with Crippen LogP contribution in [0.4, 0.5) is 5.69 Å². The molecule has 1 aliphatic rings. The molecule has 0 aromatic heterocycles. The summed E-state index contributed by atoms with van der Waals surface area (Å²) in [5.41, 5.74) is 0.450. The normalized spacial score (nSPS) is 18.7. The fourth-order valence-corrected chi connectivity index (χ4v) is 4.17. The Kier molecular flexibility index (Phi) is 5.17. The van der Waals surface area contributed by atoms with Crippen molar-refractivity contribution >= 4 is 27.3 Å². The molecule has 4 nitrogen and oxygen atoms in total. The van der Waals surface area contributed by atoms with Crippen molar-refractivity contribution in [1.82, 2.24) is 4.31 Å². The molecule has 1 fully saturated rings. The zero-order valence-corrected chi connectivity index (χ0v) is 14.2. The summed E-state index contributed by atoms with van der Waals surface area (Å²) in [4.78, 5) is 0.310. The van der Waals surface area contributed by atoms with Crippen LogP contribution in [0.1, 0.15) is 32.1 Å². The van der Waals surface area contributed by atoms with Gasteiger partial charge in [-0.3, -0.25) is 0 Å². The lowest BCUT2D eigenvalue weighted by Crippen LogP contribution is -2.42. The van der Waals surface area contributed by atoms with Gasteiger partial charge >= 0.3 is 0 Å². The number of hydrogen-bond donors (Lipinski definition) is 1. The van der Waals surface area contributed by atoms with Gasteiger partial charge in [0.15, 0.2) is 0 Å². The highest BCUT2D eigenvalue weighted by molar-refractivity contribution is 7.89. The number of rotatable bonds is 5. The summed E-state index contributed by atoms with van der Waals surface area (Å²) < 4.78 is 26.1. The van der Waals surface area contributed by atoms with Crippen LogP contribution in [0.15, 0.2) is 29.2 Å². The van der Waals surface area contributed by atoms with Gasteiger partial charge in [-0.1, -0.05) is 31.4 Å². The van der Waals surface area contributed by atoms with Crippen molar-refractivity contribution < 1.29 is 8.42 Å². The molecular weight excluding hydrogens is 308 g/mol. The van der Waals surface area contributed by atoms with E-state index in [1.807, 2.05) is 12.1 Å². The molecular formula is C15H23ClN2O2S. The zero-order valence-electron chi connectivity index (χ0n) is 12.6. The smallest absolute Gasteiger partial charge is 0.244 e. The molecule has 2 rings (SSSR count). The first-order valence-electron chi connectivity index (χ1n) is 7.27. The molecule has 118 valence electrons. The Morgan fingerprint density at radius 3 is 2.38 bits per heavy atom. The van der Waals surface area contributed by atoms with Gasteiger partial charge in [0.05, 0.1) is 11.2 Å². The molecule has 0 saturated heterocycles. The van der Waals surface area contributed by atoms with Gasteiger partial charge in [-0.2, -0.15) is 0 Å². The lowest BCUT2D eigenvalue weighted by molar-refractivity contribution is 0.352. The lowest BCUT2D eigenvalue weighted by Gasteiger charge is -2.38. The second kappa shape index (κ2) is 6.55. The van der Waals surface area contributed by atoms with E-state index in [4.69, 9.17) is 11.6 Å². The van der Waals surface area contributed by atoms with Crippen molar-refractivity contribution in [3.63, 3.8) is 0 Å². The van der Waals surface area contributed by atoms with Crippen LogP contribution in [0.25, 0.3) is 0 Å². The van der Waals surface area contributed by atoms with Gasteiger partial charge in [-0.15, -0.1) is 11.6 Å². The number of anilines is 1. The van der Waals surface area contributed by atoms with E-state index < -0.39 is 10.0 Å². The highest BCUT2D eigenvalue weighted by Crippen LogP contribution is 2.35. The minimum Gasteiger partial charge on any atom is -0.377 e. The third kappa shape index (κ3) is 3.52. The Labute approximate surface area is 132 Å². The molecule has 0 spiro atoms. The fraction of sp³-hybridized carbons (Fsp3) is 0.600. The molecule has 1 aromatic rings. The Hall–Kier alpha value is -0.780. The molecule has 0 bridgehead atoms. The highest BCUT2D eigenvalue weighted by atomic mass is 35.5. The quantitative estimate of drug-likeness (QED) is 0.843. The predicted molar refractivity (Wildman–Crippen MR) is 87.5 cm³/mol. The number of benzene rings is 1. The minimum atomic E-state index is -3.47. The molecule has 0 atom stereocenters. The highest BCUT2D eigenvalue weighted by Gasteiger charge is 2.33. The van der Waals surface area contributed by atoms with Gasteiger partial charge in [0.2, 0.25) is 10.0 Å². The molecule has 1 aliphatic carbocycles. The van der Waals surface area contributed by atoms with Gasteiger partial charge < -0.3 is 5.32 Å². The van der Waals surface area contributed by atoms with Crippen LogP contribution in [0.2, 0.25) is 0 Å². The SMILES string of the molecule is CN(C)S(=O)(=O)c1ccccc1NC1(CCl)CCCCC1. The molecule has 0 aliphatic heterocycles. The topological polar surface area (TPSA) is 49.4 Å². The van der Waals surface area contributed by atoms with E-state index in [-0.39, 0.29) is 5.54 Å². The van der Waals surface area contributed by atoms with Crippen LogP contribution in [-0.4, -0.2) is 38.2 Å². The first-order chi connectivity index (χ1) is 9.91. The second-order valence-corrected chi connectivity index (χ2v) is 8.27. The third-order valence-corrected chi connectivity index (χ3v) is 6.50. The Morgan fingerprint density at radius 1 is 1.19 bits per heavy atom. The van der Waals surface area contributed by atoms with E-state index in [2.05, 4.69) is 5.32 Å². The van der Waals surface area contributed by atoms with E-state index in [1.54, 1.807) is 26.2 Å². The van der Waals surface area contributed by atoms with Crippen LogP contribution < -0.4 is 5.32 Å². The average molecular weight is 331 g/mol. The number of para-hydroxylation sites is 1. The fourth-order valence-electron chi connectivity index (χ4n) is 2.80. The summed E-state index contributed by atoms with van der Waals surface area (Å²) in [6.45, 7) is 0. The largest absolute Gasteiger partial charge is 0.377 e. The van der Waals surface area contributed by atoms with Crippen molar-refractivity contribution in [2.45, 2.75) is 42.5 Å². The van der Waals surface area contributed by atoms with Crippen molar-refractivity contribution in [3.05, 3.63) is 24.3 Å². The van der Waals surface area contributed by atoms with Gasteiger partial charge in [0.1, 0.15) is 4.90 Å². The molecule has 21 heavy (non-hydrogen) atoms. The summed E-state index contributed by atoms with van der Waals surface area (Å²) in [5.74, 6) is 0.489. The Morgan fingerprint density at radius 2 is 1.81 bits per heavy atom. The maximum Gasteiger partial charge on any atom is 0.244 e. The first-order valence-corrected chi connectivity index (χ1v) is 9.24. The lowest BCUT2D eigenvalue weighted by atomic mass is 9.83. The molecule has 0 amide bonds. The van der Waals surface area contributed by atoms with E-state index >= 15 is 0 Å². The van der Waals surface area contributed by atoms with Crippen LogP contribution in [0, 0.1) is 0 Å². The monoisotopic (exact) mass is 330 g/mol. The summed E-state index contributed by atoms with van der Waals surface area (Å²) in [5, 5.41) is 3.44. The molecule has 1 aromatic carbocycles. The second-order valence-electron chi connectivity index (χ2n) is 5.88. The molecule has 6 heteroatoms. The number of alkyl halides is 1. The predicted octanol–water partition coefficient (Wildman–Crippen LogP) is 3.29. The number of nitrogens with zero attached hydrogens (tertiary/aromatic N) is 1. The van der Waals surface area contributed by atoms with Gasteiger partial charge in [0.25, 0.3) is 0 Å². The molecule has 0 heterocycles. The molecule has 1 N–H and O–H groups in total. The number of hydrogen-bond acceptors (Lipinski definition) is 3. The Balaban J connectivity index is 2.37. The van der Waals surface area contributed by atoms with Crippen molar-refractivity contribution in [3.8, 4) is 0 Å². The van der Waals surface area contributed by atoms with Gasteiger partial charge in [-0.05, 0) is 25.0 Å². The Bertz CT molecular complexity index is 581. The maximum atomic E-state index is 12.4. The van der Waals surface area contributed by atoms with Gasteiger partial charge in [-0.25, -0.2) is 12.7 Å². The zero-order chi connectivity index (χ0) is 15.5. The molecule has 1 saturated carbocycles. The minimum absolute atomic E-state index is 0.197. The van der Waals surface area contributed by atoms with Gasteiger partial charge in [0, 0.05) is 20.0 Å². The number of nitrogens with one attached hydrogen (secondary N) is 1.